The van der Waals surface area contributed by atoms with Crippen LogP contribution in [0.3, 0.4) is 0 Å². The van der Waals surface area contributed by atoms with E-state index in [-0.39, 0.29) is 39.9 Å². The standard InChI is InChI=1S/C23H39N5O6.C15H26N4O4.C8H15NO2S.2CH4/c1-15-25-12-17(13-26-15)33-14-19(29)18(28-20(30)23(6,7)32-8)10-9-11-24-16(2)27-21(31)34-22(3,4)5;1-15(2,22-3)14(21)19-12(5-4-6-16)13(20)9-23-11-7-17-10-18-8-11;1-6(12-5)9-7(10)11-8(2,3)4;;/h12-13,18-19,24,29H,2,9-11,14H2,1,3-8H3,(H,27,31)(H,28,30);7-8,10,12-13,20H,4-6,9,16H2,1-3H3,(H,19,21);1-5H3;2*1H4/t18-,19?;12-,13?;;;/m00.../s1. The number of aromatic nitrogens is 4. The van der Waals surface area contributed by atoms with Gasteiger partial charge in [-0.05, 0) is 122 Å². The maximum atomic E-state index is 12.6. The Kier molecular flexibility index (Phi) is 34.5. The molecular weight excluding hydrogens is 941 g/mol. The van der Waals surface area contributed by atoms with E-state index in [9.17, 15) is 29.4 Å². The number of hydrogen-bond donors (Lipinski definition) is 7. The Morgan fingerprint density at radius 3 is 1.61 bits per heavy atom. The van der Waals surface area contributed by atoms with Gasteiger partial charge in [0, 0.05) is 20.8 Å². The van der Waals surface area contributed by atoms with Gasteiger partial charge in [-0.3, -0.25) is 14.9 Å². The Labute approximate surface area is 427 Å². The summed E-state index contributed by atoms with van der Waals surface area (Å²) in [5, 5.41) is 32.9. The number of amides is 4. The number of methoxy groups -OCH3 is 2. The van der Waals surface area contributed by atoms with E-state index in [1.807, 2.05) is 27.0 Å². The number of carbonyl (C=O) groups excluding carboxylic acids is 4. The first-order chi connectivity index (χ1) is 32.0. The van der Waals surface area contributed by atoms with Crippen molar-refractivity contribution >= 4 is 40.8 Å². The molecule has 408 valence electrons. The van der Waals surface area contributed by atoms with Crippen LogP contribution in [0.4, 0.5) is 9.59 Å². The first kappa shape index (κ1) is 70.1. The van der Waals surface area contributed by atoms with E-state index in [1.165, 1.54) is 57.1 Å². The molecule has 0 aliphatic rings. The lowest BCUT2D eigenvalue weighted by Gasteiger charge is -2.29. The third-order valence-corrected chi connectivity index (χ3v) is 9.83. The van der Waals surface area contributed by atoms with E-state index in [1.54, 1.807) is 62.3 Å². The average Bonchev–Trinajstić information content (AvgIpc) is 3.26. The SMILES string of the molecule is C.C.C=C(NCCC[C@H](NC(=O)C(C)(C)OC)C(O)COc1cnc(C)nc1)NC(=O)OC(C)(C)C.COC(C)(C)C(=O)N[C@@H](CCCN)C(O)COc1cncnc1.CSC(C)=NC(=O)OC(C)(C)C. The second-order valence-corrected chi connectivity index (χ2v) is 19.3. The molecule has 0 fully saturated rings. The van der Waals surface area contributed by atoms with Crippen LogP contribution in [0.1, 0.15) is 123 Å². The highest BCUT2D eigenvalue weighted by Gasteiger charge is 2.33. The van der Waals surface area contributed by atoms with E-state index >= 15 is 0 Å². The minimum atomic E-state index is -1.06. The number of hydrogen-bond acceptors (Lipinski definition) is 19. The van der Waals surface area contributed by atoms with Gasteiger partial charge in [0.05, 0.1) is 41.9 Å². The fourth-order valence-electron chi connectivity index (χ4n) is 4.83. The molecule has 0 aromatic carbocycles. The summed E-state index contributed by atoms with van der Waals surface area (Å²) in [5.41, 5.74) is 2.40. The van der Waals surface area contributed by atoms with Crippen LogP contribution in [0, 0.1) is 6.92 Å². The number of alkyl carbamates (subject to hydrolysis) is 1. The van der Waals surface area contributed by atoms with Crippen molar-refractivity contribution in [1.29, 1.82) is 0 Å². The Bertz CT molecular complexity index is 1860. The quantitative estimate of drug-likeness (QED) is 0.0402. The summed E-state index contributed by atoms with van der Waals surface area (Å²) in [6, 6.07) is -1.09. The molecule has 0 aliphatic carbocycles. The Morgan fingerprint density at radius 2 is 1.20 bits per heavy atom. The Hall–Kier alpha value is -5.20. The van der Waals surface area contributed by atoms with E-state index in [0.29, 0.717) is 67.0 Å². The predicted molar refractivity (Wildman–Crippen MR) is 278 cm³/mol. The van der Waals surface area contributed by atoms with Crippen molar-refractivity contribution in [3.63, 3.8) is 0 Å². The van der Waals surface area contributed by atoms with Gasteiger partial charge in [-0.2, -0.15) is 4.99 Å². The Balaban J connectivity index is -0.00000108. The third kappa shape index (κ3) is 33.2. The van der Waals surface area contributed by atoms with Crippen molar-refractivity contribution in [2.75, 3.05) is 46.8 Å². The molecule has 0 saturated carbocycles. The molecule has 22 nitrogen and oxygen atoms in total. The molecule has 4 amide bonds. The van der Waals surface area contributed by atoms with Crippen LogP contribution in [-0.4, -0.2) is 153 Å². The second kappa shape index (κ2) is 35.0. The van der Waals surface area contributed by atoms with Crippen LogP contribution in [0.2, 0.25) is 0 Å². The van der Waals surface area contributed by atoms with Gasteiger partial charge >= 0.3 is 12.2 Å². The number of aliphatic hydroxyl groups is 2. The van der Waals surface area contributed by atoms with Gasteiger partial charge in [-0.1, -0.05) is 21.4 Å². The van der Waals surface area contributed by atoms with Crippen LogP contribution in [0.5, 0.6) is 11.5 Å². The largest absolute Gasteiger partial charge is 0.488 e. The minimum absolute atomic E-state index is 0. The van der Waals surface area contributed by atoms with Gasteiger partial charge in [-0.25, -0.2) is 29.5 Å². The van der Waals surface area contributed by atoms with E-state index in [4.69, 9.17) is 34.2 Å². The highest BCUT2D eigenvalue weighted by atomic mass is 32.2. The molecule has 0 spiro atoms. The van der Waals surface area contributed by atoms with Gasteiger partial charge in [-0.15, -0.1) is 11.8 Å². The highest BCUT2D eigenvalue weighted by molar-refractivity contribution is 8.13. The summed E-state index contributed by atoms with van der Waals surface area (Å²) in [6.07, 6.45) is 8.46. The summed E-state index contributed by atoms with van der Waals surface area (Å²) in [6.45, 7) is 25.5. The molecule has 0 radical (unpaired) electrons. The number of aliphatic imine (C=N–C) groups is 1. The first-order valence-corrected chi connectivity index (χ1v) is 23.5. The third-order valence-electron chi connectivity index (χ3n) is 9.15. The van der Waals surface area contributed by atoms with Crippen LogP contribution in [-0.2, 0) is 28.5 Å². The first-order valence-electron chi connectivity index (χ1n) is 22.3. The average molecular weight is 1030 g/mol. The smallest absolute Gasteiger partial charge is 0.434 e. The summed E-state index contributed by atoms with van der Waals surface area (Å²) in [4.78, 5) is 67.1. The summed E-state index contributed by atoms with van der Waals surface area (Å²) in [7, 11) is 2.90. The zero-order valence-corrected chi connectivity index (χ0v) is 44.1. The van der Waals surface area contributed by atoms with Gasteiger partial charge in [0.1, 0.15) is 65.8 Å². The number of nitrogens with one attached hydrogen (secondary N) is 4. The van der Waals surface area contributed by atoms with Crippen molar-refractivity contribution in [1.82, 2.24) is 41.2 Å². The molecule has 23 heteroatoms. The molecule has 71 heavy (non-hydrogen) atoms. The molecule has 0 aliphatic heterocycles. The number of nitrogens with zero attached hydrogens (tertiary/aromatic N) is 5. The van der Waals surface area contributed by atoms with E-state index < -0.39 is 58.9 Å². The maximum absolute atomic E-state index is 12.6. The number of nitrogens with two attached hydrogens (primary N) is 1. The predicted octanol–water partition coefficient (Wildman–Crippen LogP) is 5.64. The topological polar surface area (TPSA) is 302 Å². The molecule has 2 unspecified atom stereocenters. The van der Waals surface area contributed by atoms with Gasteiger partial charge < -0.3 is 60.3 Å². The van der Waals surface area contributed by atoms with E-state index in [0.717, 1.165) is 0 Å². The van der Waals surface area contributed by atoms with Crippen molar-refractivity contribution in [2.24, 2.45) is 10.7 Å². The van der Waals surface area contributed by atoms with Crippen molar-refractivity contribution in [3.05, 3.63) is 49.3 Å². The number of ether oxygens (including phenoxy) is 6. The molecule has 2 aromatic heterocycles. The lowest BCUT2D eigenvalue weighted by molar-refractivity contribution is -0.141. The fourth-order valence-corrected chi connectivity index (χ4v) is 5.00. The maximum Gasteiger partial charge on any atom is 0.434 e. The van der Waals surface area contributed by atoms with Crippen LogP contribution in [0.25, 0.3) is 0 Å². The number of aliphatic hydroxyl groups excluding tert-OH is 2. The monoisotopic (exact) mass is 1030 g/mol. The lowest BCUT2D eigenvalue weighted by Crippen LogP contribution is -2.53. The molecule has 4 atom stereocenters. The fraction of sp³-hybridized carbons (Fsp3) is 0.688. The highest BCUT2D eigenvalue weighted by Crippen LogP contribution is 2.15. The molecule has 0 bridgehead atoms. The zero-order valence-electron chi connectivity index (χ0n) is 43.3. The number of thioether (sulfide) groups is 1. The number of rotatable bonds is 23. The van der Waals surface area contributed by atoms with E-state index in [2.05, 4.69) is 52.8 Å². The molecule has 2 rings (SSSR count). The number of carbonyl (C=O) groups is 4. The summed E-state index contributed by atoms with van der Waals surface area (Å²) >= 11 is 1.43. The van der Waals surface area contributed by atoms with Gasteiger partial charge in [0.15, 0.2) is 11.5 Å². The molecule has 8 N–H and O–H groups in total. The van der Waals surface area contributed by atoms with Gasteiger partial charge in [0.25, 0.3) is 11.8 Å². The normalized spacial score (nSPS) is 13.2. The van der Waals surface area contributed by atoms with Crippen LogP contribution in [0.15, 0.2) is 48.5 Å². The molecule has 2 aromatic rings. The molecule has 2 heterocycles. The van der Waals surface area contributed by atoms with Gasteiger partial charge in [0.2, 0.25) is 0 Å². The zero-order chi connectivity index (χ0) is 53.0. The second-order valence-electron chi connectivity index (χ2n) is 18.3. The molecular formula is C48H88N10O12S. The summed E-state index contributed by atoms with van der Waals surface area (Å²) in [5.74, 6) is 1.10. The van der Waals surface area contributed by atoms with Crippen molar-refractivity contribution < 1.29 is 57.8 Å². The minimum Gasteiger partial charge on any atom is -0.488 e. The summed E-state index contributed by atoms with van der Waals surface area (Å²) < 4.78 is 31.5. The van der Waals surface area contributed by atoms with Crippen LogP contribution >= 0.6 is 11.8 Å². The Morgan fingerprint density at radius 1 is 0.761 bits per heavy atom. The molecule has 0 saturated heterocycles. The van der Waals surface area contributed by atoms with Crippen LogP contribution < -0.4 is 36.5 Å². The van der Waals surface area contributed by atoms with Crippen molar-refractivity contribution in [2.45, 2.75) is 170 Å². The van der Waals surface area contributed by atoms with Crippen molar-refractivity contribution in [3.8, 4) is 11.5 Å². The number of aryl methyl sites for hydroxylation is 1. The lowest BCUT2D eigenvalue weighted by atomic mass is 10.0.